The van der Waals surface area contributed by atoms with Crippen molar-refractivity contribution >= 4 is 5.91 Å². The fourth-order valence-electron chi connectivity index (χ4n) is 4.77. The van der Waals surface area contributed by atoms with Crippen LogP contribution in [0.5, 0.6) is 11.5 Å². The molecular weight excluding hydrogens is 451 g/mol. The van der Waals surface area contributed by atoms with Crippen LogP contribution in [0.25, 0.3) is 16.9 Å². The molecule has 2 heterocycles. The van der Waals surface area contributed by atoms with Gasteiger partial charge in [-0.15, -0.1) is 0 Å². The van der Waals surface area contributed by atoms with Crippen LogP contribution in [0, 0.1) is 5.82 Å². The van der Waals surface area contributed by atoms with Gasteiger partial charge in [0, 0.05) is 37.2 Å². The summed E-state index contributed by atoms with van der Waals surface area (Å²) in [5, 5.41) is 7.60. The van der Waals surface area contributed by atoms with Gasteiger partial charge in [-0.3, -0.25) is 9.69 Å². The topological polar surface area (TPSA) is 77.8 Å². The summed E-state index contributed by atoms with van der Waals surface area (Å²) in [4.78, 5) is 15.5. The molecule has 0 saturated carbocycles. The van der Waals surface area contributed by atoms with Crippen LogP contribution in [-0.4, -0.2) is 74.2 Å². The summed E-state index contributed by atoms with van der Waals surface area (Å²) in [6, 6.07) is 10.2. The first-order valence-corrected chi connectivity index (χ1v) is 11.8. The minimum Gasteiger partial charge on any atom is -0.493 e. The molecule has 0 spiro atoms. The molecular formula is C26H29FN4O4. The number of rotatable bonds is 8. The van der Waals surface area contributed by atoms with E-state index in [4.69, 9.17) is 14.2 Å². The van der Waals surface area contributed by atoms with Gasteiger partial charge < -0.3 is 19.5 Å². The third-order valence-corrected chi connectivity index (χ3v) is 6.55. The number of ether oxygens (including phenoxy) is 3. The Hall–Kier alpha value is -3.43. The molecule has 0 atom stereocenters. The normalized spacial score (nSPS) is 14.9. The molecule has 8 nitrogen and oxygen atoms in total. The van der Waals surface area contributed by atoms with Gasteiger partial charge in [0.05, 0.1) is 33.1 Å². The Morgan fingerprint density at radius 3 is 2.63 bits per heavy atom. The number of carbonyl (C=O) groups excluding carboxylic acids is 1. The predicted molar refractivity (Wildman–Crippen MR) is 129 cm³/mol. The highest BCUT2D eigenvalue weighted by atomic mass is 19.1. The summed E-state index contributed by atoms with van der Waals surface area (Å²) >= 11 is 0. The van der Waals surface area contributed by atoms with Gasteiger partial charge >= 0.3 is 0 Å². The molecule has 2 aliphatic rings. The van der Waals surface area contributed by atoms with E-state index in [2.05, 4.69) is 15.3 Å². The number of carbonyl (C=O) groups is 1. The van der Waals surface area contributed by atoms with Gasteiger partial charge in [0.2, 0.25) is 0 Å². The number of para-hydroxylation sites is 1. The van der Waals surface area contributed by atoms with E-state index in [0.29, 0.717) is 35.9 Å². The average Bonchev–Trinajstić information content (AvgIpc) is 3.43. The molecule has 1 aliphatic carbocycles. The zero-order valence-electron chi connectivity index (χ0n) is 20.0. The molecule has 1 N–H and O–H groups in total. The Balaban J connectivity index is 1.45. The maximum absolute atomic E-state index is 14.8. The van der Waals surface area contributed by atoms with Crippen molar-refractivity contribution in [2.45, 2.75) is 12.8 Å². The predicted octanol–water partition coefficient (Wildman–Crippen LogP) is 3.05. The van der Waals surface area contributed by atoms with Gasteiger partial charge in [-0.05, 0) is 42.8 Å². The maximum atomic E-state index is 14.8. The highest BCUT2D eigenvalue weighted by molar-refractivity contribution is 5.97. The second-order valence-corrected chi connectivity index (χ2v) is 8.64. The number of hydrogen-bond donors (Lipinski definition) is 1. The van der Waals surface area contributed by atoms with Crippen LogP contribution in [-0.2, 0) is 11.2 Å². The largest absolute Gasteiger partial charge is 0.493 e. The van der Waals surface area contributed by atoms with Gasteiger partial charge in [-0.2, -0.15) is 5.10 Å². The summed E-state index contributed by atoms with van der Waals surface area (Å²) in [6.45, 7) is 4.77. The first-order chi connectivity index (χ1) is 17.1. The lowest BCUT2D eigenvalue weighted by atomic mass is 10.1. The average molecular weight is 481 g/mol. The number of aromatic nitrogens is 2. The van der Waals surface area contributed by atoms with E-state index in [9.17, 15) is 9.18 Å². The smallest absolute Gasteiger partial charge is 0.272 e. The SMILES string of the molecule is COc1cc2c(cc1OC)-c1c(c(C(=O)NCCCN3CCOCC3)nn1-c1ccccc1F)C2. The second kappa shape index (κ2) is 10.1. The quantitative estimate of drug-likeness (QED) is 0.391. The van der Waals surface area contributed by atoms with Crippen LogP contribution in [0.15, 0.2) is 36.4 Å². The molecule has 0 bridgehead atoms. The standard InChI is InChI=1S/C26H29FN4O4/c1-33-22-15-17-14-19-24(26(32)28-8-5-9-30-10-12-35-13-11-30)29-31(21-7-4-3-6-20(21)27)25(19)18(17)16-23(22)34-2/h3-4,6-7,15-16H,5,8-14H2,1-2H3,(H,28,32). The monoisotopic (exact) mass is 480 g/mol. The Morgan fingerprint density at radius 1 is 1.14 bits per heavy atom. The van der Waals surface area contributed by atoms with E-state index in [1.807, 2.05) is 12.1 Å². The van der Waals surface area contributed by atoms with Crippen LogP contribution in [0.2, 0.25) is 0 Å². The van der Waals surface area contributed by atoms with Crippen molar-refractivity contribution < 1.29 is 23.4 Å². The molecule has 35 heavy (non-hydrogen) atoms. The van der Waals surface area contributed by atoms with Gasteiger partial charge in [-0.1, -0.05) is 12.1 Å². The molecule has 9 heteroatoms. The van der Waals surface area contributed by atoms with Crippen molar-refractivity contribution in [1.29, 1.82) is 0 Å². The minimum atomic E-state index is -0.413. The number of amides is 1. The molecule has 1 saturated heterocycles. The number of methoxy groups -OCH3 is 2. The van der Waals surface area contributed by atoms with E-state index in [1.165, 1.54) is 10.7 Å². The van der Waals surface area contributed by atoms with Crippen LogP contribution < -0.4 is 14.8 Å². The van der Waals surface area contributed by atoms with E-state index < -0.39 is 5.82 Å². The highest BCUT2D eigenvalue weighted by Gasteiger charge is 2.33. The summed E-state index contributed by atoms with van der Waals surface area (Å²) in [5.74, 6) is 0.500. The minimum absolute atomic E-state index is 0.259. The van der Waals surface area contributed by atoms with Gasteiger partial charge in [0.25, 0.3) is 5.91 Å². The molecule has 1 amide bonds. The van der Waals surface area contributed by atoms with Crippen LogP contribution >= 0.6 is 0 Å². The molecule has 0 radical (unpaired) electrons. The number of fused-ring (bicyclic) bond motifs is 3. The molecule has 184 valence electrons. The van der Waals surface area contributed by atoms with E-state index in [1.54, 1.807) is 32.4 Å². The van der Waals surface area contributed by atoms with Gasteiger partial charge in [0.15, 0.2) is 17.2 Å². The molecule has 1 fully saturated rings. The number of morpholine rings is 1. The molecule has 3 aromatic rings. The molecule has 0 unspecified atom stereocenters. The number of nitrogens with zero attached hydrogens (tertiary/aromatic N) is 3. The molecule has 5 rings (SSSR count). The number of benzene rings is 2. The summed E-state index contributed by atoms with van der Waals surface area (Å²) in [7, 11) is 3.16. The Kier molecular flexibility index (Phi) is 6.70. The number of nitrogens with one attached hydrogen (secondary N) is 1. The summed E-state index contributed by atoms with van der Waals surface area (Å²) in [6.07, 6.45) is 1.33. The summed E-state index contributed by atoms with van der Waals surface area (Å²) < 4.78 is 32.7. The lowest BCUT2D eigenvalue weighted by Crippen LogP contribution is -2.38. The Bertz CT molecular complexity index is 1240. The van der Waals surface area contributed by atoms with E-state index in [0.717, 1.165) is 56.0 Å². The second-order valence-electron chi connectivity index (χ2n) is 8.64. The third kappa shape index (κ3) is 4.49. The lowest BCUT2D eigenvalue weighted by molar-refractivity contribution is 0.0374. The highest BCUT2D eigenvalue weighted by Crippen LogP contribution is 2.44. The molecule has 2 aromatic carbocycles. The van der Waals surface area contributed by atoms with E-state index >= 15 is 0 Å². The van der Waals surface area contributed by atoms with Crippen LogP contribution in [0.4, 0.5) is 4.39 Å². The van der Waals surface area contributed by atoms with Crippen molar-refractivity contribution in [2.75, 3.05) is 53.6 Å². The zero-order valence-corrected chi connectivity index (χ0v) is 20.0. The van der Waals surface area contributed by atoms with E-state index in [-0.39, 0.29) is 11.6 Å². The first kappa shape index (κ1) is 23.3. The fraction of sp³-hybridized carbons (Fsp3) is 0.385. The van der Waals surface area contributed by atoms with Crippen LogP contribution in [0.3, 0.4) is 0 Å². The summed E-state index contributed by atoms with van der Waals surface area (Å²) in [5.41, 5.74) is 3.89. The van der Waals surface area contributed by atoms with Crippen molar-refractivity contribution in [3.05, 3.63) is 59.0 Å². The zero-order chi connectivity index (χ0) is 24.4. The number of halogens is 1. The van der Waals surface area contributed by atoms with Gasteiger partial charge in [-0.25, -0.2) is 9.07 Å². The van der Waals surface area contributed by atoms with Crippen LogP contribution in [0.1, 0.15) is 28.0 Å². The van der Waals surface area contributed by atoms with Crippen molar-refractivity contribution in [2.24, 2.45) is 0 Å². The maximum Gasteiger partial charge on any atom is 0.272 e. The first-order valence-electron chi connectivity index (χ1n) is 11.8. The van der Waals surface area contributed by atoms with Crippen molar-refractivity contribution in [3.8, 4) is 28.4 Å². The Labute approximate surface area is 203 Å². The molecule has 1 aliphatic heterocycles. The lowest BCUT2D eigenvalue weighted by Gasteiger charge is -2.26. The fourth-order valence-corrected chi connectivity index (χ4v) is 4.77. The van der Waals surface area contributed by atoms with Crippen molar-refractivity contribution in [3.63, 3.8) is 0 Å². The third-order valence-electron chi connectivity index (χ3n) is 6.55. The Morgan fingerprint density at radius 2 is 1.89 bits per heavy atom. The molecule has 1 aromatic heterocycles. The van der Waals surface area contributed by atoms with Gasteiger partial charge in [0.1, 0.15) is 11.5 Å². The number of hydrogen-bond acceptors (Lipinski definition) is 6. The van der Waals surface area contributed by atoms with Crippen molar-refractivity contribution in [1.82, 2.24) is 20.0 Å².